The van der Waals surface area contributed by atoms with Gasteiger partial charge in [-0.2, -0.15) is 0 Å². The van der Waals surface area contributed by atoms with E-state index in [1.807, 2.05) is 0 Å². The Bertz CT molecular complexity index is 554. The summed E-state index contributed by atoms with van der Waals surface area (Å²) in [4.78, 5) is 48.5. The van der Waals surface area contributed by atoms with Crippen molar-refractivity contribution in [3.8, 4) is 0 Å². The van der Waals surface area contributed by atoms with Gasteiger partial charge in [0.05, 0.1) is 0 Å². The minimum atomic E-state index is -0.144. The Labute approximate surface area is 175 Å². The summed E-state index contributed by atoms with van der Waals surface area (Å²) in [6, 6.07) is 0. The van der Waals surface area contributed by atoms with Crippen LogP contribution in [0.3, 0.4) is 0 Å². The molecular formula is C24H35NO4. The predicted octanol–water partition coefficient (Wildman–Crippen LogP) is 4.39. The number of rotatable bonds is 19. The Morgan fingerprint density at radius 2 is 1.17 bits per heavy atom. The van der Waals surface area contributed by atoms with Crippen LogP contribution in [0.1, 0.15) is 57.8 Å². The van der Waals surface area contributed by atoms with Crippen LogP contribution < -0.4 is 0 Å². The molecule has 5 heteroatoms. The first-order valence-electron chi connectivity index (χ1n) is 10.3. The van der Waals surface area contributed by atoms with E-state index in [9.17, 15) is 19.2 Å². The van der Waals surface area contributed by atoms with E-state index in [1.165, 1.54) is 24.3 Å². The van der Waals surface area contributed by atoms with Gasteiger partial charge in [0, 0.05) is 31.8 Å². The van der Waals surface area contributed by atoms with Gasteiger partial charge in [-0.05, 0) is 62.8 Å². The van der Waals surface area contributed by atoms with Gasteiger partial charge in [0.25, 0.3) is 0 Å². The third-order valence-corrected chi connectivity index (χ3v) is 4.85. The molecule has 0 fully saturated rings. The smallest absolute Gasteiger partial charge is 0.245 e. The van der Waals surface area contributed by atoms with E-state index in [2.05, 4.69) is 26.3 Å². The van der Waals surface area contributed by atoms with Crippen molar-refractivity contribution >= 4 is 23.3 Å². The van der Waals surface area contributed by atoms with Crippen LogP contribution >= 0.6 is 0 Å². The van der Waals surface area contributed by atoms with Gasteiger partial charge >= 0.3 is 0 Å². The lowest BCUT2D eigenvalue weighted by atomic mass is 9.91. The summed E-state index contributed by atoms with van der Waals surface area (Å²) < 4.78 is 0. The molecule has 0 aliphatic rings. The van der Waals surface area contributed by atoms with Gasteiger partial charge in [-0.1, -0.05) is 32.7 Å². The molecule has 1 atom stereocenters. The molecule has 0 radical (unpaired) electrons. The SMILES string of the molecule is C=CC(=O)CCCCC(CCCN(CCCCC(=O)C=C)C(=O)C=C)C(=O)C=C. The number of unbranched alkanes of at least 4 members (excludes halogenated alkanes) is 2. The Hall–Kier alpha value is -2.56. The summed E-state index contributed by atoms with van der Waals surface area (Å²) >= 11 is 0. The van der Waals surface area contributed by atoms with Crippen LogP contribution in [0, 0.1) is 5.92 Å². The second-order valence-electron chi connectivity index (χ2n) is 7.02. The van der Waals surface area contributed by atoms with Gasteiger partial charge in [-0.25, -0.2) is 0 Å². The number of carbonyl (C=O) groups is 4. The predicted molar refractivity (Wildman–Crippen MR) is 117 cm³/mol. The summed E-state index contributed by atoms with van der Waals surface area (Å²) in [5, 5.41) is 0. The van der Waals surface area contributed by atoms with Crippen molar-refractivity contribution in [1.29, 1.82) is 0 Å². The molecule has 0 spiro atoms. The first kappa shape index (κ1) is 26.4. The highest BCUT2D eigenvalue weighted by Gasteiger charge is 2.17. The molecular weight excluding hydrogens is 366 g/mol. The molecule has 0 rings (SSSR count). The van der Waals surface area contributed by atoms with E-state index in [0.29, 0.717) is 51.6 Å². The number of hydrogen-bond donors (Lipinski definition) is 0. The topological polar surface area (TPSA) is 71.5 Å². The number of hydrogen-bond acceptors (Lipinski definition) is 4. The molecule has 0 aromatic carbocycles. The maximum atomic E-state index is 12.1. The molecule has 0 saturated carbocycles. The average molecular weight is 402 g/mol. The maximum absolute atomic E-state index is 12.1. The molecule has 0 heterocycles. The van der Waals surface area contributed by atoms with Gasteiger partial charge in [0.15, 0.2) is 17.3 Å². The Morgan fingerprint density at radius 1 is 0.655 bits per heavy atom. The monoisotopic (exact) mass is 401 g/mol. The second-order valence-corrected chi connectivity index (χ2v) is 7.02. The van der Waals surface area contributed by atoms with Crippen molar-refractivity contribution in [1.82, 2.24) is 4.90 Å². The highest BCUT2D eigenvalue weighted by atomic mass is 16.2. The third kappa shape index (κ3) is 12.5. The molecule has 0 saturated heterocycles. The molecule has 0 bridgehead atoms. The molecule has 0 aliphatic heterocycles. The molecule has 29 heavy (non-hydrogen) atoms. The highest BCUT2D eigenvalue weighted by Crippen LogP contribution is 2.18. The van der Waals surface area contributed by atoms with Crippen molar-refractivity contribution in [2.45, 2.75) is 57.8 Å². The zero-order valence-corrected chi connectivity index (χ0v) is 17.6. The summed E-state index contributed by atoms with van der Waals surface area (Å²) in [5.74, 6) is -0.256. The lowest BCUT2D eigenvalue weighted by molar-refractivity contribution is -0.126. The quantitative estimate of drug-likeness (QED) is 0.238. The minimum Gasteiger partial charge on any atom is -0.339 e. The molecule has 160 valence electrons. The molecule has 0 N–H and O–H groups in total. The van der Waals surface area contributed by atoms with E-state index in [0.717, 1.165) is 19.3 Å². The van der Waals surface area contributed by atoms with E-state index >= 15 is 0 Å². The first-order chi connectivity index (χ1) is 13.9. The van der Waals surface area contributed by atoms with E-state index in [4.69, 9.17) is 0 Å². The van der Waals surface area contributed by atoms with Crippen molar-refractivity contribution in [3.63, 3.8) is 0 Å². The molecule has 0 aromatic rings. The Balaban J connectivity index is 4.48. The van der Waals surface area contributed by atoms with Gasteiger partial charge in [-0.3, -0.25) is 19.2 Å². The maximum Gasteiger partial charge on any atom is 0.245 e. The van der Waals surface area contributed by atoms with Gasteiger partial charge in [0.1, 0.15) is 0 Å². The van der Waals surface area contributed by atoms with Crippen molar-refractivity contribution in [2.24, 2.45) is 5.92 Å². The van der Waals surface area contributed by atoms with Crippen LogP contribution in [-0.4, -0.2) is 41.2 Å². The van der Waals surface area contributed by atoms with E-state index in [-0.39, 0.29) is 29.2 Å². The second kappa shape index (κ2) is 16.4. The fraction of sp³-hybridized carbons (Fsp3) is 0.500. The lowest BCUT2D eigenvalue weighted by Gasteiger charge is -2.22. The van der Waals surface area contributed by atoms with Crippen LogP contribution in [0.2, 0.25) is 0 Å². The Morgan fingerprint density at radius 3 is 1.69 bits per heavy atom. The van der Waals surface area contributed by atoms with Crippen molar-refractivity contribution in [2.75, 3.05) is 13.1 Å². The van der Waals surface area contributed by atoms with Gasteiger partial charge in [-0.15, -0.1) is 0 Å². The molecule has 1 unspecified atom stereocenters. The van der Waals surface area contributed by atoms with Crippen LogP contribution in [0.5, 0.6) is 0 Å². The standard InChI is InChI=1S/C24H35NO4/c1-5-21(26)16-10-9-14-20(23(28)7-3)15-13-19-25(24(29)8-4)18-12-11-17-22(27)6-2/h5-8,20H,1-4,9-19H2. The zero-order chi connectivity index (χ0) is 22.1. The largest absolute Gasteiger partial charge is 0.339 e. The summed E-state index contributed by atoms with van der Waals surface area (Å²) in [6.45, 7) is 15.1. The van der Waals surface area contributed by atoms with Crippen LogP contribution in [0.25, 0.3) is 0 Å². The third-order valence-electron chi connectivity index (χ3n) is 4.85. The molecule has 0 aromatic heterocycles. The molecule has 5 nitrogen and oxygen atoms in total. The number of nitrogens with zero attached hydrogens (tertiary/aromatic N) is 1. The van der Waals surface area contributed by atoms with Crippen LogP contribution in [0.15, 0.2) is 50.6 Å². The van der Waals surface area contributed by atoms with Crippen molar-refractivity contribution < 1.29 is 19.2 Å². The lowest BCUT2D eigenvalue weighted by Crippen LogP contribution is -2.32. The highest BCUT2D eigenvalue weighted by molar-refractivity contribution is 5.91. The van der Waals surface area contributed by atoms with E-state index < -0.39 is 0 Å². The molecule has 1 amide bonds. The summed E-state index contributed by atoms with van der Waals surface area (Å²) in [7, 11) is 0. The fourth-order valence-electron chi connectivity index (χ4n) is 3.08. The first-order valence-corrected chi connectivity index (χ1v) is 10.3. The van der Waals surface area contributed by atoms with Crippen LogP contribution in [-0.2, 0) is 19.2 Å². The number of allylic oxidation sites excluding steroid dienone is 3. The normalized spacial score (nSPS) is 11.2. The number of carbonyl (C=O) groups excluding carboxylic acids is 4. The summed E-state index contributed by atoms with van der Waals surface area (Å²) in [5.41, 5.74) is 0. The minimum absolute atomic E-state index is 0.00424. The van der Waals surface area contributed by atoms with Crippen LogP contribution in [0.4, 0.5) is 0 Å². The van der Waals surface area contributed by atoms with Gasteiger partial charge < -0.3 is 4.90 Å². The number of amides is 1. The van der Waals surface area contributed by atoms with Crippen molar-refractivity contribution in [3.05, 3.63) is 50.6 Å². The average Bonchev–Trinajstić information content (AvgIpc) is 2.74. The summed E-state index contributed by atoms with van der Waals surface area (Å²) in [6.07, 6.45) is 11.2. The Kier molecular flexibility index (Phi) is 15.0. The zero-order valence-electron chi connectivity index (χ0n) is 17.6. The van der Waals surface area contributed by atoms with E-state index in [1.54, 1.807) is 4.90 Å². The number of ketones is 3. The fourth-order valence-corrected chi connectivity index (χ4v) is 3.08. The van der Waals surface area contributed by atoms with Gasteiger partial charge in [0.2, 0.25) is 5.91 Å². The molecule has 0 aliphatic carbocycles.